The van der Waals surface area contributed by atoms with Gasteiger partial charge < -0.3 is 10.1 Å². The summed E-state index contributed by atoms with van der Waals surface area (Å²) < 4.78 is 6.51. The number of aromatic nitrogens is 1. The molecule has 0 aliphatic rings. The molecule has 0 unspecified atom stereocenters. The Morgan fingerprint density at radius 3 is 2.90 bits per heavy atom. The predicted molar refractivity (Wildman–Crippen MR) is 81.3 cm³/mol. The predicted octanol–water partition coefficient (Wildman–Crippen LogP) is 2.64. The normalized spacial score (nSPS) is 10.6. The van der Waals surface area contributed by atoms with Crippen molar-refractivity contribution in [3.8, 4) is 5.75 Å². The van der Waals surface area contributed by atoms with Crippen LogP contribution in [-0.2, 0) is 11.2 Å². The zero-order valence-corrected chi connectivity index (χ0v) is 12.3. The Morgan fingerprint density at radius 2 is 2.24 bits per heavy atom. The summed E-state index contributed by atoms with van der Waals surface area (Å²) in [5.74, 6) is 0.773. The van der Waals surface area contributed by atoms with E-state index in [1.165, 1.54) is 4.68 Å². The van der Waals surface area contributed by atoms with Gasteiger partial charge in [0, 0.05) is 24.5 Å². The van der Waals surface area contributed by atoms with Gasteiger partial charge >= 0.3 is 0 Å². The van der Waals surface area contributed by atoms with Gasteiger partial charge in [-0.1, -0.05) is 6.92 Å². The van der Waals surface area contributed by atoms with Crippen molar-refractivity contribution in [3.05, 3.63) is 34.9 Å². The van der Waals surface area contributed by atoms with Gasteiger partial charge in [-0.25, -0.2) is 4.68 Å². The molecule has 6 heteroatoms. The minimum absolute atomic E-state index is 0.0485. The number of benzene rings is 1. The largest absolute Gasteiger partial charge is 0.497 e. The number of methoxy groups -OCH3 is 1. The molecule has 2 rings (SSSR count). The summed E-state index contributed by atoms with van der Waals surface area (Å²) in [5, 5.41) is 6.77. The van der Waals surface area contributed by atoms with E-state index >= 15 is 0 Å². The Kier molecular flexibility index (Phi) is 4.92. The van der Waals surface area contributed by atoms with Crippen molar-refractivity contribution in [3.63, 3.8) is 0 Å². The molecule has 0 atom stereocenters. The second-order valence-corrected chi connectivity index (χ2v) is 4.81. The summed E-state index contributed by atoms with van der Waals surface area (Å²) in [4.78, 5) is 22.3. The first-order chi connectivity index (χ1) is 10.2. The minimum atomic E-state index is 0.0485. The van der Waals surface area contributed by atoms with Gasteiger partial charge in [0.25, 0.3) is 0 Å². The first-order valence-electron chi connectivity index (χ1n) is 6.98. The van der Waals surface area contributed by atoms with E-state index in [9.17, 15) is 9.70 Å². The van der Waals surface area contributed by atoms with Gasteiger partial charge in [-0.05, 0) is 36.6 Å². The summed E-state index contributed by atoms with van der Waals surface area (Å²) in [5.41, 5.74) is 1.70. The molecule has 0 aliphatic carbocycles. The second kappa shape index (κ2) is 6.88. The van der Waals surface area contributed by atoms with Crippen LogP contribution in [0.4, 0.5) is 0 Å². The Labute approximate surface area is 123 Å². The van der Waals surface area contributed by atoms with Crippen LogP contribution >= 0.6 is 0 Å². The van der Waals surface area contributed by atoms with E-state index in [-0.39, 0.29) is 5.91 Å². The Morgan fingerprint density at radius 1 is 1.43 bits per heavy atom. The minimum Gasteiger partial charge on any atom is -0.497 e. The lowest BCUT2D eigenvalue weighted by Gasteiger charge is -2.04. The number of ether oxygens (including phenoxy) is 1. The maximum atomic E-state index is 11.5. The lowest BCUT2D eigenvalue weighted by Crippen LogP contribution is -2.25. The molecule has 2 aromatic rings. The molecule has 1 amide bonds. The van der Waals surface area contributed by atoms with Crippen molar-refractivity contribution in [2.75, 3.05) is 13.7 Å². The molecule has 1 N–H and O–H groups in total. The summed E-state index contributed by atoms with van der Waals surface area (Å²) in [6.07, 6.45) is 3.70. The van der Waals surface area contributed by atoms with E-state index in [0.29, 0.717) is 19.4 Å². The van der Waals surface area contributed by atoms with Crippen LogP contribution in [0.2, 0.25) is 0 Å². The fraction of sp³-hybridized carbons (Fsp3) is 0.400. The molecule has 0 bridgehead atoms. The summed E-state index contributed by atoms with van der Waals surface area (Å²) in [6.45, 7) is 2.50. The average Bonchev–Trinajstić information content (AvgIpc) is 2.85. The van der Waals surface area contributed by atoms with E-state index in [2.05, 4.69) is 10.6 Å². The molecule has 1 aromatic heterocycles. The fourth-order valence-corrected chi connectivity index (χ4v) is 2.30. The maximum absolute atomic E-state index is 11.5. The van der Waals surface area contributed by atoms with Crippen LogP contribution in [0.25, 0.3) is 10.9 Å². The highest BCUT2D eigenvalue weighted by molar-refractivity contribution is 5.85. The monoisotopic (exact) mass is 289 g/mol. The second-order valence-electron chi connectivity index (χ2n) is 4.81. The average molecular weight is 289 g/mol. The first kappa shape index (κ1) is 15.0. The lowest BCUT2D eigenvalue weighted by atomic mass is 10.1. The number of fused-ring (bicyclic) bond motifs is 1. The molecule has 0 aliphatic heterocycles. The molecule has 0 fully saturated rings. The van der Waals surface area contributed by atoms with Gasteiger partial charge in [0.05, 0.1) is 17.9 Å². The molecule has 0 spiro atoms. The third-order valence-electron chi connectivity index (χ3n) is 3.36. The number of nitrogens with one attached hydrogen (secondary N) is 1. The van der Waals surface area contributed by atoms with Crippen molar-refractivity contribution >= 4 is 16.8 Å². The molecular formula is C15H19N3O3. The number of carbonyl (C=O) groups excluding carboxylic acids is 1. The van der Waals surface area contributed by atoms with Crippen LogP contribution in [0.1, 0.15) is 25.3 Å². The molecule has 21 heavy (non-hydrogen) atoms. The van der Waals surface area contributed by atoms with E-state index in [1.807, 2.05) is 13.0 Å². The summed E-state index contributed by atoms with van der Waals surface area (Å²) >= 11 is 0. The quantitative estimate of drug-likeness (QED) is 0.796. The first-order valence-corrected chi connectivity index (χ1v) is 6.98. The number of carbonyl (C=O) groups is 1. The molecule has 1 aromatic carbocycles. The standard InChI is InChI=1S/C15H19N3O3/c1-3-4-15(19)16-8-7-11-10-18(17-20)14-6-5-12(21-2)9-13(11)14/h5-6,9-10H,3-4,7-8H2,1-2H3,(H,16,19). The third kappa shape index (κ3) is 3.39. The summed E-state index contributed by atoms with van der Waals surface area (Å²) in [6, 6.07) is 5.46. The van der Waals surface area contributed by atoms with E-state index in [1.54, 1.807) is 25.4 Å². The van der Waals surface area contributed by atoms with Crippen molar-refractivity contribution in [1.29, 1.82) is 0 Å². The molecule has 112 valence electrons. The zero-order chi connectivity index (χ0) is 15.2. The highest BCUT2D eigenvalue weighted by atomic mass is 16.5. The number of hydrogen-bond acceptors (Lipinski definition) is 4. The van der Waals surface area contributed by atoms with Gasteiger partial charge in [-0.2, -0.15) is 0 Å². The van der Waals surface area contributed by atoms with Crippen molar-refractivity contribution in [1.82, 2.24) is 9.99 Å². The topological polar surface area (TPSA) is 72.7 Å². The van der Waals surface area contributed by atoms with Crippen molar-refractivity contribution in [2.24, 2.45) is 5.29 Å². The molecule has 1 heterocycles. The molecule has 0 saturated heterocycles. The van der Waals surface area contributed by atoms with Gasteiger partial charge in [0.15, 0.2) is 0 Å². The van der Waals surface area contributed by atoms with Crippen molar-refractivity contribution in [2.45, 2.75) is 26.2 Å². The SMILES string of the molecule is CCCC(=O)NCCc1cn(N=O)c2ccc(OC)cc12. The summed E-state index contributed by atoms with van der Waals surface area (Å²) in [7, 11) is 1.60. The van der Waals surface area contributed by atoms with Crippen LogP contribution < -0.4 is 10.1 Å². The molecule has 0 saturated carbocycles. The molecule has 0 radical (unpaired) electrons. The Balaban J connectivity index is 2.18. The third-order valence-corrected chi connectivity index (χ3v) is 3.36. The highest BCUT2D eigenvalue weighted by Crippen LogP contribution is 2.26. The van der Waals surface area contributed by atoms with Crippen LogP contribution in [-0.4, -0.2) is 24.2 Å². The van der Waals surface area contributed by atoms with E-state index in [0.717, 1.165) is 28.6 Å². The Bertz CT molecular complexity index is 649. The van der Waals surface area contributed by atoms with Crippen molar-refractivity contribution < 1.29 is 9.53 Å². The van der Waals surface area contributed by atoms with Gasteiger partial charge in [-0.3, -0.25) is 4.79 Å². The number of hydrogen-bond donors (Lipinski definition) is 1. The number of amides is 1. The molecular weight excluding hydrogens is 270 g/mol. The van der Waals surface area contributed by atoms with Gasteiger partial charge in [0.1, 0.15) is 5.75 Å². The van der Waals surface area contributed by atoms with E-state index < -0.39 is 0 Å². The van der Waals surface area contributed by atoms with Crippen LogP contribution in [0, 0.1) is 4.91 Å². The van der Waals surface area contributed by atoms with Gasteiger partial charge in [0.2, 0.25) is 5.91 Å². The molecule has 6 nitrogen and oxygen atoms in total. The number of rotatable bonds is 7. The fourth-order valence-electron chi connectivity index (χ4n) is 2.30. The lowest BCUT2D eigenvalue weighted by molar-refractivity contribution is -0.121. The zero-order valence-electron chi connectivity index (χ0n) is 12.3. The number of nitrogens with zero attached hydrogens (tertiary/aromatic N) is 2. The Hall–Kier alpha value is -2.37. The van der Waals surface area contributed by atoms with Crippen LogP contribution in [0.3, 0.4) is 0 Å². The highest BCUT2D eigenvalue weighted by Gasteiger charge is 2.10. The van der Waals surface area contributed by atoms with Crippen LogP contribution in [0.5, 0.6) is 5.75 Å². The maximum Gasteiger partial charge on any atom is 0.219 e. The smallest absolute Gasteiger partial charge is 0.219 e. The van der Waals surface area contributed by atoms with E-state index in [4.69, 9.17) is 4.74 Å². The number of nitroso groups, excluding NO2 is 1. The van der Waals surface area contributed by atoms with Crippen LogP contribution in [0.15, 0.2) is 29.7 Å². The van der Waals surface area contributed by atoms with Gasteiger partial charge in [-0.15, -0.1) is 4.91 Å².